The lowest BCUT2D eigenvalue weighted by Gasteiger charge is -2.01. The van der Waals surface area contributed by atoms with Crippen LogP contribution >= 0.6 is 0 Å². The third kappa shape index (κ3) is 1.99. The van der Waals surface area contributed by atoms with E-state index in [0.717, 1.165) is 18.8 Å². The van der Waals surface area contributed by atoms with Crippen molar-refractivity contribution in [3.63, 3.8) is 0 Å². The molecular formula is C7H15N3. The van der Waals surface area contributed by atoms with Crippen LogP contribution in [0.3, 0.4) is 0 Å². The van der Waals surface area contributed by atoms with Crippen molar-refractivity contribution in [2.45, 2.75) is 26.2 Å². The van der Waals surface area contributed by atoms with E-state index in [1.165, 1.54) is 12.8 Å². The molecule has 3 nitrogen and oxygen atoms in total. The topological polar surface area (TPSA) is 50.4 Å². The van der Waals surface area contributed by atoms with Crippen molar-refractivity contribution in [3.05, 3.63) is 0 Å². The summed E-state index contributed by atoms with van der Waals surface area (Å²) in [4.78, 5) is 4.30. The van der Waals surface area contributed by atoms with Gasteiger partial charge in [-0.2, -0.15) is 0 Å². The van der Waals surface area contributed by atoms with E-state index in [9.17, 15) is 0 Å². The lowest BCUT2D eigenvalue weighted by molar-refractivity contribution is 0.875. The minimum atomic E-state index is 0.650. The molecule has 0 aliphatic heterocycles. The van der Waals surface area contributed by atoms with Gasteiger partial charge in [0.15, 0.2) is 0 Å². The maximum Gasteiger partial charge on any atom is 0.113 e. The minimum absolute atomic E-state index is 0.650. The van der Waals surface area contributed by atoms with Crippen molar-refractivity contribution in [1.29, 1.82) is 0 Å². The molecule has 0 bridgehead atoms. The largest absolute Gasteiger partial charge is 0.312 e. The first-order valence-corrected chi connectivity index (χ1v) is 3.89. The Morgan fingerprint density at radius 1 is 1.70 bits per heavy atom. The number of rotatable bonds is 3. The van der Waals surface area contributed by atoms with Crippen LogP contribution < -0.4 is 11.3 Å². The lowest BCUT2D eigenvalue weighted by atomic mass is 10.4. The molecule has 1 aliphatic carbocycles. The predicted octanol–water partition coefficient (Wildman–Crippen LogP) is 0.668. The standard InChI is InChI=1S/C7H15N3/c1-2-5-9-7(10-8)6-3-4-6/h6H,2-5,8H2,1H3,(H,9,10). The average molecular weight is 141 g/mol. The molecule has 3 heteroatoms. The molecule has 0 unspecified atom stereocenters. The van der Waals surface area contributed by atoms with E-state index in [1.807, 2.05) is 0 Å². The molecule has 3 N–H and O–H groups in total. The van der Waals surface area contributed by atoms with Crippen LogP contribution in [0.2, 0.25) is 0 Å². The number of hydrazine groups is 1. The van der Waals surface area contributed by atoms with Crippen molar-refractivity contribution in [3.8, 4) is 0 Å². The zero-order chi connectivity index (χ0) is 7.40. The maximum atomic E-state index is 5.27. The molecular weight excluding hydrogens is 126 g/mol. The molecule has 1 rings (SSSR count). The molecule has 0 atom stereocenters. The maximum absolute atomic E-state index is 5.27. The summed E-state index contributed by atoms with van der Waals surface area (Å²) in [6.45, 7) is 3.01. The van der Waals surface area contributed by atoms with E-state index < -0.39 is 0 Å². The SMILES string of the molecule is CCCN=C(NN)C1CC1. The van der Waals surface area contributed by atoms with Crippen LogP contribution in [0, 0.1) is 5.92 Å². The van der Waals surface area contributed by atoms with Crippen molar-refractivity contribution >= 4 is 5.84 Å². The fourth-order valence-electron chi connectivity index (χ4n) is 0.882. The van der Waals surface area contributed by atoms with Gasteiger partial charge in [-0.15, -0.1) is 0 Å². The Morgan fingerprint density at radius 2 is 2.40 bits per heavy atom. The molecule has 0 aromatic rings. The first-order valence-electron chi connectivity index (χ1n) is 3.89. The van der Waals surface area contributed by atoms with Gasteiger partial charge in [-0.1, -0.05) is 6.92 Å². The number of hydrogen-bond donors (Lipinski definition) is 2. The van der Waals surface area contributed by atoms with E-state index >= 15 is 0 Å². The Balaban J connectivity index is 2.30. The summed E-state index contributed by atoms with van der Waals surface area (Å²) in [5.74, 6) is 6.92. The summed E-state index contributed by atoms with van der Waals surface area (Å²) in [7, 11) is 0. The van der Waals surface area contributed by atoms with Gasteiger partial charge in [-0.05, 0) is 19.3 Å². The Bertz CT molecular complexity index is 127. The first kappa shape index (κ1) is 7.54. The van der Waals surface area contributed by atoms with Gasteiger partial charge in [0.2, 0.25) is 0 Å². The summed E-state index contributed by atoms with van der Waals surface area (Å²) in [5.41, 5.74) is 2.65. The summed E-state index contributed by atoms with van der Waals surface area (Å²) < 4.78 is 0. The van der Waals surface area contributed by atoms with Crippen LogP contribution in [-0.4, -0.2) is 12.4 Å². The molecule has 1 saturated carbocycles. The van der Waals surface area contributed by atoms with Gasteiger partial charge in [0.1, 0.15) is 5.84 Å². The molecule has 0 spiro atoms. The van der Waals surface area contributed by atoms with Crippen LogP contribution in [0.25, 0.3) is 0 Å². The minimum Gasteiger partial charge on any atom is -0.312 e. The normalized spacial score (nSPS) is 19.2. The molecule has 1 fully saturated rings. The smallest absolute Gasteiger partial charge is 0.113 e. The van der Waals surface area contributed by atoms with Crippen molar-refractivity contribution in [1.82, 2.24) is 5.43 Å². The molecule has 10 heavy (non-hydrogen) atoms. The highest BCUT2D eigenvalue weighted by Gasteiger charge is 2.26. The van der Waals surface area contributed by atoms with Gasteiger partial charge in [-0.25, -0.2) is 5.84 Å². The van der Waals surface area contributed by atoms with Crippen molar-refractivity contribution in [2.24, 2.45) is 16.8 Å². The Hall–Kier alpha value is -0.570. The number of hydrogen-bond acceptors (Lipinski definition) is 2. The zero-order valence-corrected chi connectivity index (χ0v) is 6.43. The molecule has 58 valence electrons. The van der Waals surface area contributed by atoms with Gasteiger partial charge < -0.3 is 5.43 Å². The van der Waals surface area contributed by atoms with Crippen LogP contribution in [0.4, 0.5) is 0 Å². The van der Waals surface area contributed by atoms with Crippen LogP contribution in [-0.2, 0) is 0 Å². The van der Waals surface area contributed by atoms with E-state index in [2.05, 4.69) is 17.3 Å². The highest BCUT2D eigenvalue weighted by atomic mass is 15.3. The monoisotopic (exact) mass is 141 g/mol. The second-order valence-electron chi connectivity index (χ2n) is 2.69. The fourth-order valence-corrected chi connectivity index (χ4v) is 0.882. The second-order valence-corrected chi connectivity index (χ2v) is 2.69. The number of nitrogens with zero attached hydrogens (tertiary/aromatic N) is 1. The van der Waals surface area contributed by atoms with Gasteiger partial charge >= 0.3 is 0 Å². The number of nitrogens with two attached hydrogens (primary N) is 1. The third-order valence-electron chi connectivity index (χ3n) is 1.62. The number of amidine groups is 1. The summed E-state index contributed by atoms with van der Waals surface area (Å²) >= 11 is 0. The van der Waals surface area contributed by atoms with E-state index in [1.54, 1.807) is 0 Å². The van der Waals surface area contributed by atoms with E-state index in [0.29, 0.717) is 5.92 Å². The molecule has 0 aromatic heterocycles. The van der Waals surface area contributed by atoms with Crippen molar-refractivity contribution in [2.75, 3.05) is 6.54 Å². The summed E-state index contributed by atoms with van der Waals surface area (Å²) in [6, 6.07) is 0. The summed E-state index contributed by atoms with van der Waals surface area (Å²) in [6.07, 6.45) is 3.61. The Labute approximate surface area is 61.7 Å². The molecule has 0 heterocycles. The van der Waals surface area contributed by atoms with Crippen LogP contribution in [0.1, 0.15) is 26.2 Å². The van der Waals surface area contributed by atoms with Crippen molar-refractivity contribution < 1.29 is 0 Å². The molecule has 1 aliphatic rings. The molecule has 0 saturated heterocycles. The van der Waals surface area contributed by atoms with Crippen LogP contribution in [0.5, 0.6) is 0 Å². The number of nitrogens with one attached hydrogen (secondary N) is 1. The highest BCUT2D eigenvalue weighted by molar-refractivity contribution is 5.86. The van der Waals surface area contributed by atoms with Gasteiger partial charge in [0, 0.05) is 12.5 Å². The highest BCUT2D eigenvalue weighted by Crippen LogP contribution is 2.29. The Kier molecular flexibility index (Phi) is 2.68. The zero-order valence-electron chi connectivity index (χ0n) is 6.43. The first-order chi connectivity index (χ1) is 4.88. The quantitative estimate of drug-likeness (QED) is 0.263. The van der Waals surface area contributed by atoms with E-state index in [4.69, 9.17) is 5.84 Å². The fraction of sp³-hybridized carbons (Fsp3) is 0.857. The molecule has 0 radical (unpaired) electrons. The third-order valence-corrected chi connectivity index (χ3v) is 1.62. The lowest BCUT2D eigenvalue weighted by Crippen LogP contribution is -2.32. The molecule has 0 amide bonds. The average Bonchev–Trinajstić information content (AvgIpc) is 2.73. The predicted molar refractivity (Wildman–Crippen MR) is 42.6 cm³/mol. The second kappa shape index (κ2) is 3.56. The van der Waals surface area contributed by atoms with Gasteiger partial charge in [0.05, 0.1) is 0 Å². The van der Waals surface area contributed by atoms with E-state index in [-0.39, 0.29) is 0 Å². The summed E-state index contributed by atoms with van der Waals surface area (Å²) in [5, 5.41) is 0. The Morgan fingerprint density at radius 3 is 2.80 bits per heavy atom. The van der Waals surface area contributed by atoms with Crippen LogP contribution in [0.15, 0.2) is 4.99 Å². The van der Waals surface area contributed by atoms with Gasteiger partial charge in [0.25, 0.3) is 0 Å². The number of aliphatic imine (C=N–C) groups is 1. The molecule has 0 aromatic carbocycles. The van der Waals surface area contributed by atoms with Gasteiger partial charge in [-0.3, -0.25) is 4.99 Å².